The van der Waals surface area contributed by atoms with Crippen molar-refractivity contribution in [3.8, 4) is 112 Å². The van der Waals surface area contributed by atoms with Crippen LogP contribution in [0.25, 0.3) is 254 Å². The number of aromatic nitrogens is 6. The molecule has 0 N–H and O–H groups in total. The summed E-state index contributed by atoms with van der Waals surface area (Å²) >= 11 is 0. The topological polar surface area (TPSA) is 29.6 Å². The lowest BCUT2D eigenvalue weighted by molar-refractivity contribution is 1.18. The van der Waals surface area contributed by atoms with Crippen LogP contribution >= 0.6 is 0 Å². The van der Waals surface area contributed by atoms with Gasteiger partial charge in [-0.15, -0.1) is 0 Å². The van der Waals surface area contributed by atoms with Gasteiger partial charge in [-0.1, -0.05) is 339 Å². The molecule has 0 bridgehead atoms. The first-order valence-corrected chi connectivity index (χ1v) is 46.9. The zero-order chi connectivity index (χ0) is 130. The fourth-order valence-corrected chi connectivity index (χ4v) is 19.6. The summed E-state index contributed by atoms with van der Waals surface area (Å²) in [6, 6.07) is 71.7. The fourth-order valence-electron chi connectivity index (χ4n) is 19.6. The molecule has 0 saturated heterocycles. The van der Waals surface area contributed by atoms with E-state index in [2.05, 4.69) is 0 Å². The Bertz CT molecular complexity index is 12400. The normalized spacial score (nSPS) is 15.5. The Morgan fingerprint density at radius 1 is 0.138 bits per heavy atom. The summed E-state index contributed by atoms with van der Waals surface area (Å²) in [7, 11) is 0. The highest BCUT2D eigenvalue weighted by atomic mass is 15.0. The van der Waals surface area contributed by atoms with Crippen molar-refractivity contribution < 1.29 is 53.5 Å². The van der Waals surface area contributed by atoms with Crippen molar-refractivity contribution in [3.63, 3.8) is 0 Å². The standard InChI is InChI=1S/2C49H34N2.C41H28N2/c1-33-21-24-43-45-32-37(36-22-25-47-44(31-36)42-19-11-12-20-46(42)50(47)40-17-9-4-10-18-40)23-26-48(45)51(49(43)27-33)41-29-38(34-13-5-2-6-14-34)28-39(30-41)35-15-7-3-8-16-35;1-33-22-25-43-45-32-39(24-27-48(45)51(49(43)28-33)41-19-11-17-37(30-41)35-14-6-3-7-15-35)38-23-26-47-44(31-38)42-20-8-9-21-46(42)50(47)40-18-10-16-36(29-40)34-12-4-2-5-13-34;1-27-15-20-35-37-26-31(18-22-40(37)43(41(35)23-27)33-19-16-28-9-5-6-10-29(28)24-33)30-17-21-39-36(25-30)34-13-7-8-14-38(34)42(39)32-11-3-2-4-12-32/h2*2-32H,1H3;2-26H,1H3/i11D,12D,19D,20D,21D,22D,23D,24D,25D,26D,27D,31D,32D;8D,9D,20D,21D,22D,23D,24D,25D,26D,27D,28D,31D,32D;7D,8D,13D,14D,15D,17D,18D,20D,21D,22D,23D,25D,26D. The van der Waals surface area contributed by atoms with Crippen molar-refractivity contribution in [2.45, 2.75) is 20.8 Å². The second-order valence-corrected chi connectivity index (χ2v) is 35.2. The van der Waals surface area contributed by atoms with Crippen molar-refractivity contribution in [1.82, 2.24) is 27.4 Å². The van der Waals surface area contributed by atoms with Crippen LogP contribution in [-0.2, 0) is 0 Å². The Labute approximate surface area is 895 Å². The summed E-state index contributed by atoms with van der Waals surface area (Å²) in [4.78, 5) is 0. The molecule has 0 fully saturated rings. The first-order valence-electron chi connectivity index (χ1n) is 66.4. The van der Waals surface area contributed by atoms with Gasteiger partial charge in [-0.25, -0.2) is 0 Å². The molecule has 0 spiro atoms. The van der Waals surface area contributed by atoms with E-state index < -0.39 is 181 Å². The van der Waals surface area contributed by atoms with Gasteiger partial charge in [0.1, 0.15) is 0 Å². The van der Waals surface area contributed by atoms with E-state index in [1.54, 1.807) is 132 Å². The third kappa shape index (κ3) is 15.0. The van der Waals surface area contributed by atoms with Crippen molar-refractivity contribution in [2.75, 3.05) is 0 Å². The summed E-state index contributed by atoms with van der Waals surface area (Å²) in [5.41, 5.74) is 8.02. The molecule has 0 saturated carbocycles. The zero-order valence-electron chi connectivity index (χ0n) is 116. The van der Waals surface area contributed by atoms with Crippen LogP contribution in [0.15, 0.2) is 527 Å². The molecule has 0 aliphatic carbocycles. The van der Waals surface area contributed by atoms with E-state index in [4.69, 9.17) is 21.9 Å². The molecule has 145 heavy (non-hydrogen) atoms. The maximum Gasteiger partial charge on any atom is 0.0648 e. The van der Waals surface area contributed by atoms with E-state index in [9.17, 15) is 31.5 Å². The second kappa shape index (κ2) is 35.5. The number of fused-ring (bicyclic) bond motifs is 19. The number of hydrogen-bond acceptors (Lipinski definition) is 0. The lowest BCUT2D eigenvalue weighted by Crippen LogP contribution is -1.96. The van der Waals surface area contributed by atoms with E-state index in [1.165, 1.54) is 13.7 Å². The van der Waals surface area contributed by atoms with Crippen LogP contribution in [-0.4, -0.2) is 27.4 Å². The summed E-state index contributed by atoms with van der Waals surface area (Å²) < 4.78 is 370. The Hall–Kier alpha value is -18.9. The van der Waals surface area contributed by atoms with Crippen molar-refractivity contribution in [3.05, 3.63) is 544 Å². The molecular weight excluding hydrogens is 1750 g/mol. The molecule has 0 radical (unpaired) electrons. The van der Waals surface area contributed by atoms with Gasteiger partial charge < -0.3 is 27.4 Å². The van der Waals surface area contributed by atoms with Gasteiger partial charge in [0.15, 0.2) is 0 Å². The average molecular weight is 1890 g/mol. The summed E-state index contributed by atoms with van der Waals surface area (Å²) in [5, 5.41) is 1.13. The Kier molecular flexibility index (Phi) is 13.2. The fraction of sp³-hybridized carbons (Fsp3) is 0.0216. The smallest absolute Gasteiger partial charge is 0.0648 e. The average Bonchev–Trinajstić information content (AvgIpc) is 1.53. The van der Waals surface area contributed by atoms with Crippen LogP contribution in [0.2, 0.25) is 0 Å². The van der Waals surface area contributed by atoms with Crippen molar-refractivity contribution >= 4 is 142 Å². The minimum atomic E-state index is -0.583. The first kappa shape index (κ1) is 54.1. The molecular formula is C139H96N6. The van der Waals surface area contributed by atoms with Crippen LogP contribution < -0.4 is 0 Å². The Morgan fingerprint density at radius 2 is 0.379 bits per heavy atom. The molecule has 682 valence electrons. The summed E-state index contributed by atoms with van der Waals surface area (Å²) in [5.74, 6) is 0. The molecule has 0 atom stereocenters. The zero-order valence-corrected chi connectivity index (χ0v) is 77.4. The summed E-state index contributed by atoms with van der Waals surface area (Å²) in [6.07, 6.45) is 0. The monoisotopic (exact) mass is 1890 g/mol. The maximum absolute atomic E-state index is 9.95. The third-order valence-corrected chi connectivity index (χ3v) is 26.3. The lowest BCUT2D eigenvalue weighted by Gasteiger charge is -2.14. The highest BCUT2D eigenvalue weighted by molar-refractivity contribution is 6.18. The van der Waals surface area contributed by atoms with Crippen LogP contribution in [0.3, 0.4) is 0 Å². The predicted octanol–water partition coefficient (Wildman–Crippen LogP) is 37.4. The van der Waals surface area contributed by atoms with Gasteiger partial charge in [-0.3, -0.25) is 0 Å². The van der Waals surface area contributed by atoms with Crippen LogP contribution in [0.4, 0.5) is 0 Å². The largest absolute Gasteiger partial charge is 0.309 e. The highest BCUT2D eigenvalue weighted by Crippen LogP contribution is 2.47. The molecule has 0 amide bonds. The minimum Gasteiger partial charge on any atom is -0.309 e. The molecule has 29 aromatic rings. The third-order valence-electron chi connectivity index (χ3n) is 26.3. The number of hydrogen-bond donors (Lipinski definition) is 0. The number of rotatable bonds is 13. The molecule has 23 aromatic carbocycles. The van der Waals surface area contributed by atoms with Gasteiger partial charge in [-0.05, 0) is 314 Å². The van der Waals surface area contributed by atoms with E-state index >= 15 is 0 Å². The van der Waals surface area contributed by atoms with E-state index in [0.29, 0.717) is 34.1 Å². The van der Waals surface area contributed by atoms with Crippen LogP contribution in [0.1, 0.15) is 70.1 Å². The molecule has 0 aliphatic rings. The number of para-hydroxylation sites is 5. The van der Waals surface area contributed by atoms with Gasteiger partial charge in [0.25, 0.3) is 0 Å². The quantitative estimate of drug-likeness (QED) is 0.110. The molecule has 0 unspecified atom stereocenters. The van der Waals surface area contributed by atoms with Gasteiger partial charge in [-0.2, -0.15) is 0 Å². The van der Waals surface area contributed by atoms with E-state index in [0.717, 1.165) is 55.3 Å². The molecule has 0 aliphatic heterocycles. The lowest BCUT2D eigenvalue weighted by atomic mass is 9.98. The van der Waals surface area contributed by atoms with Crippen molar-refractivity contribution in [2.24, 2.45) is 0 Å². The van der Waals surface area contributed by atoms with Gasteiger partial charge in [0, 0.05) is 98.8 Å². The molecule has 6 aromatic heterocycles. The van der Waals surface area contributed by atoms with Gasteiger partial charge >= 0.3 is 0 Å². The minimum absolute atomic E-state index is 0.00163. The number of benzene rings is 23. The van der Waals surface area contributed by atoms with Crippen LogP contribution in [0, 0.1) is 20.8 Å². The highest BCUT2D eigenvalue weighted by Gasteiger charge is 2.24. The van der Waals surface area contributed by atoms with E-state index in [-0.39, 0.29) is 235 Å². The molecule has 6 nitrogen and oxygen atoms in total. The predicted molar refractivity (Wildman–Crippen MR) is 615 cm³/mol. The van der Waals surface area contributed by atoms with Crippen LogP contribution in [0.5, 0.6) is 0 Å². The molecule has 29 rings (SSSR count). The Balaban J connectivity index is 0.000000129. The SMILES string of the molecule is [2H]c1c([2H])c([2H])c2c(c1[2H])c1c([2H])c(-c3c([2H])c([2H])c4c(c3[2H])c3c([2H])c([2H])c(C)c([2H])c3n4-c3cc(-c4ccccc4)cc(-c4ccccc4)c3)c([2H])c([2H])c1n2-c1ccccc1.[2H]c1c([2H])c([2H])c2c(c1[2H])c1c([2H])c(-c3c([2H])c([2H])c4c(c3[2H])c3c([2H])c([2H])c(C)c([2H])c3n4-c3ccc4ccccc4c3)c([2H])c([2H])c1n2-c1ccccc1.[2H]c1c([2H])c([2H])c2c(c1[2H])c1c([2H])c(-c3c([2H])c([2H])c4c(c3[2H])c3c([2H])c([2H])c(C)c([2H])c3n4-c3cccc(-c4ccccc4)c3)c([2H])c([2H])c1n2-c1cccc(-c2ccccc2)c1. The molecule has 6 heteroatoms. The number of nitrogens with zero attached hydrogens (tertiary/aromatic N) is 6. The van der Waals surface area contributed by atoms with Gasteiger partial charge in [0.05, 0.1) is 120 Å². The van der Waals surface area contributed by atoms with E-state index in [1.807, 2.05) is 194 Å². The Morgan fingerprint density at radius 3 is 0.717 bits per heavy atom. The molecule has 6 heterocycles. The second-order valence-electron chi connectivity index (χ2n) is 35.2. The maximum atomic E-state index is 9.95. The van der Waals surface area contributed by atoms with Gasteiger partial charge in [0.2, 0.25) is 0 Å². The summed E-state index contributed by atoms with van der Waals surface area (Å²) in [6.45, 7) is 4.68. The van der Waals surface area contributed by atoms with Crippen molar-refractivity contribution in [1.29, 1.82) is 0 Å². The first-order chi connectivity index (χ1) is 88.0.